The smallest absolute Gasteiger partial charge is 0.323 e. The van der Waals surface area contributed by atoms with E-state index in [0.29, 0.717) is 16.9 Å². The molecule has 0 saturated carbocycles. The summed E-state index contributed by atoms with van der Waals surface area (Å²) in [5.41, 5.74) is 13.4. The number of nitrogens with one attached hydrogen (secondary N) is 2. The maximum absolute atomic E-state index is 13.7. The van der Waals surface area contributed by atoms with E-state index in [4.69, 9.17) is 26.4 Å². The second-order valence-electron chi connectivity index (χ2n) is 9.59. The van der Waals surface area contributed by atoms with E-state index in [1.54, 1.807) is 51.1 Å². The molecule has 14 heteroatoms. The summed E-state index contributed by atoms with van der Waals surface area (Å²) in [7, 11) is -4.26. The van der Waals surface area contributed by atoms with Crippen LogP contribution in [0.2, 0.25) is 0 Å². The summed E-state index contributed by atoms with van der Waals surface area (Å²) in [5, 5.41) is 11.0. The summed E-state index contributed by atoms with van der Waals surface area (Å²) in [4.78, 5) is 24.7. The molecule has 11 nitrogen and oxygen atoms in total. The van der Waals surface area contributed by atoms with Crippen molar-refractivity contribution in [3.63, 3.8) is 0 Å². The van der Waals surface area contributed by atoms with Crippen LogP contribution in [-0.2, 0) is 26.0 Å². The normalized spacial score (nSPS) is 14.1. The molecule has 228 valence electrons. The monoisotopic (exact) mass is 631 g/mol. The number of nitrogens with zero attached hydrogens (tertiary/aromatic N) is 1. The van der Waals surface area contributed by atoms with Crippen molar-refractivity contribution in [1.82, 2.24) is 5.32 Å². The van der Waals surface area contributed by atoms with Crippen LogP contribution in [0.5, 0.6) is 5.75 Å². The van der Waals surface area contributed by atoms with E-state index >= 15 is 0 Å². The molecule has 2 aromatic carbocycles. The van der Waals surface area contributed by atoms with Crippen LogP contribution in [0.3, 0.4) is 0 Å². The highest BCUT2D eigenvalue weighted by atomic mass is 35.5. The molecule has 1 heterocycles. The van der Waals surface area contributed by atoms with E-state index < -0.39 is 33.7 Å². The largest absolute Gasteiger partial charge is 0.489 e. The topological polar surface area (TPSA) is 178 Å². The second-order valence-corrected chi connectivity index (χ2v) is 11.4. The number of amidine groups is 1. The fraction of sp³-hybridized carbons (Fsp3) is 0.444. The highest BCUT2D eigenvalue weighted by Crippen LogP contribution is 2.34. The van der Waals surface area contributed by atoms with Crippen molar-refractivity contribution in [2.75, 3.05) is 29.8 Å². The third-order valence-electron chi connectivity index (χ3n) is 6.46. The van der Waals surface area contributed by atoms with E-state index in [2.05, 4.69) is 5.32 Å². The van der Waals surface area contributed by atoms with Crippen molar-refractivity contribution < 1.29 is 27.5 Å². The molecule has 41 heavy (non-hydrogen) atoms. The molecule has 1 fully saturated rings. The lowest BCUT2D eigenvalue weighted by Gasteiger charge is -2.32. The molecule has 0 aromatic heterocycles. The van der Waals surface area contributed by atoms with Crippen molar-refractivity contribution in [2.45, 2.75) is 52.2 Å². The predicted octanol–water partition coefficient (Wildman–Crippen LogP) is 2.68. The van der Waals surface area contributed by atoms with Gasteiger partial charge in [-0.2, -0.15) is 0 Å². The molecular weight excluding hydrogens is 593 g/mol. The Balaban J connectivity index is 0.00000420. The molecule has 2 aromatic rings. The lowest BCUT2D eigenvalue weighted by atomic mass is 10.0. The lowest BCUT2D eigenvalue weighted by molar-refractivity contribution is -0.139. The molecule has 0 bridgehead atoms. The van der Waals surface area contributed by atoms with Gasteiger partial charge in [-0.05, 0) is 82.4 Å². The third kappa shape index (κ3) is 9.49. The molecule has 0 aliphatic carbocycles. The van der Waals surface area contributed by atoms with E-state index in [0.717, 1.165) is 35.8 Å². The number of aryl methyl sites for hydroxylation is 1. The van der Waals surface area contributed by atoms with Crippen LogP contribution in [0.1, 0.15) is 53.7 Å². The highest BCUT2D eigenvalue weighted by Gasteiger charge is 2.33. The average molecular weight is 633 g/mol. The maximum atomic E-state index is 13.7. The molecule has 1 unspecified atom stereocenters. The van der Waals surface area contributed by atoms with E-state index in [9.17, 15) is 18.0 Å². The Kier molecular flexibility index (Phi) is 13.9. The number of hydrogen-bond acceptors (Lipinski definition) is 8. The second kappa shape index (κ2) is 15.8. The standard InChI is InChI=1S/C27H37N5O6S.2ClH/c1-4-37-25(33)16-39(35,36)32(18(3)13-19-6-5-7-20(14-19)26(28)29)23-15-22(27(30)34)24(12-17(23)2)38-21-8-10-31-11-9-21;;/h5-7,12,14-15,18,21,31H,4,8-11,13,16H2,1-3H3,(H3,28,29)(H2,30,34);2*1H. The Bertz CT molecular complexity index is 1340. The van der Waals surface area contributed by atoms with Crippen LogP contribution in [0.15, 0.2) is 36.4 Å². The van der Waals surface area contributed by atoms with Gasteiger partial charge in [0.05, 0.1) is 17.9 Å². The Hall–Kier alpha value is -3.06. The first kappa shape index (κ1) is 36.0. The minimum Gasteiger partial charge on any atom is -0.489 e. The molecule has 1 atom stereocenters. The van der Waals surface area contributed by atoms with E-state index in [-0.39, 0.29) is 61.0 Å². The number of ether oxygens (including phenoxy) is 2. The minimum atomic E-state index is -4.26. The van der Waals surface area contributed by atoms with Gasteiger partial charge in [0, 0.05) is 11.6 Å². The van der Waals surface area contributed by atoms with E-state index in [1.165, 1.54) is 6.07 Å². The zero-order valence-corrected chi connectivity index (χ0v) is 25.8. The number of sulfonamides is 1. The number of anilines is 1. The molecular formula is C27H39Cl2N5O6S. The molecule has 0 spiro atoms. The van der Waals surface area contributed by atoms with Gasteiger partial charge in [0.15, 0.2) is 5.75 Å². The molecule has 6 N–H and O–H groups in total. The van der Waals surface area contributed by atoms with Gasteiger partial charge < -0.3 is 26.3 Å². The summed E-state index contributed by atoms with van der Waals surface area (Å²) < 4.78 is 39.5. The van der Waals surface area contributed by atoms with Gasteiger partial charge >= 0.3 is 5.97 Å². The number of nitrogen functional groups attached to an aromatic ring is 1. The predicted molar refractivity (Wildman–Crippen MR) is 164 cm³/mol. The average Bonchev–Trinajstić information content (AvgIpc) is 2.85. The SMILES string of the molecule is CCOC(=O)CS(=O)(=O)N(c1cc(C(N)=O)c(OC2CCNCC2)cc1C)C(C)Cc1cccc(C(=N)N)c1.Cl.Cl. The minimum absolute atomic E-state index is 0. The van der Waals surface area contributed by atoms with Crippen molar-refractivity contribution in [1.29, 1.82) is 5.41 Å². The molecule has 1 amide bonds. The lowest BCUT2D eigenvalue weighted by Crippen LogP contribution is -2.43. The Morgan fingerprint density at radius 1 is 1.15 bits per heavy atom. The van der Waals surface area contributed by atoms with Gasteiger partial charge in [-0.15, -0.1) is 24.8 Å². The molecule has 0 radical (unpaired) electrons. The number of piperidine rings is 1. The van der Waals surface area contributed by atoms with Gasteiger partial charge in [0.2, 0.25) is 10.0 Å². The number of halogens is 2. The summed E-state index contributed by atoms with van der Waals surface area (Å²) >= 11 is 0. The van der Waals surface area contributed by atoms with Crippen molar-refractivity contribution in [3.05, 3.63) is 58.7 Å². The fourth-order valence-electron chi connectivity index (χ4n) is 4.66. The van der Waals surface area contributed by atoms with Crippen LogP contribution >= 0.6 is 24.8 Å². The third-order valence-corrected chi connectivity index (χ3v) is 8.21. The van der Waals surface area contributed by atoms with Crippen molar-refractivity contribution >= 4 is 58.2 Å². The molecule has 3 rings (SSSR count). The first-order valence-corrected chi connectivity index (χ1v) is 14.5. The quantitative estimate of drug-likeness (QED) is 0.157. The van der Waals surface area contributed by atoms with Gasteiger partial charge in [0.25, 0.3) is 5.91 Å². The number of nitrogens with two attached hydrogens (primary N) is 2. The number of hydrogen-bond donors (Lipinski definition) is 4. The zero-order chi connectivity index (χ0) is 28.7. The van der Waals surface area contributed by atoms with Gasteiger partial charge in [-0.1, -0.05) is 18.2 Å². The summed E-state index contributed by atoms with van der Waals surface area (Å²) in [5.74, 6) is -2.34. The molecule has 1 aliphatic rings. The molecule has 1 saturated heterocycles. The fourth-order valence-corrected chi connectivity index (χ4v) is 6.30. The van der Waals surface area contributed by atoms with Gasteiger partial charge in [-0.3, -0.25) is 19.3 Å². The summed E-state index contributed by atoms with van der Waals surface area (Å²) in [6.45, 7) is 6.62. The Labute approximate surface area is 253 Å². The summed E-state index contributed by atoms with van der Waals surface area (Å²) in [6, 6.07) is 9.29. The van der Waals surface area contributed by atoms with Crippen LogP contribution in [0.4, 0.5) is 5.69 Å². The van der Waals surface area contributed by atoms with Crippen molar-refractivity contribution in [3.8, 4) is 5.75 Å². The first-order valence-electron chi connectivity index (χ1n) is 12.9. The number of primary amides is 1. The maximum Gasteiger partial charge on any atom is 0.323 e. The highest BCUT2D eigenvalue weighted by molar-refractivity contribution is 7.93. The van der Waals surface area contributed by atoms with Crippen LogP contribution in [0, 0.1) is 12.3 Å². The first-order chi connectivity index (χ1) is 18.4. The number of carbonyl (C=O) groups excluding carboxylic acids is 2. The number of amides is 1. The zero-order valence-electron chi connectivity index (χ0n) is 23.3. The number of rotatable bonds is 12. The number of carbonyl (C=O) groups is 2. The van der Waals surface area contributed by atoms with Crippen LogP contribution < -0.4 is 25.8 Å². The Morgan fingerprint density at radius 2 is 1.80 bits per heavy atom. The summed E-state index contributed by atoms with van der Waals surface area (Å²) in [6.07, 6.45) is 1.65. The number of esters is 1. The number of benzene rings is 2. The van der Waals surface area contributed by atoms with E-state index in [1.807, 2.05) is 0 Å². The molecule has 1 aliphatic heterocycles. The van der Waals surface area contributed by atoms with Gasteiger partial charge in [0.1, 0.15) is 17.7 Å². The van der Waals surface area contributed by atoms with Crippen LogP contribution in [0.25, 0.3) is 0 Å². The Morgan fingerprint density at radius 3 is 2.39 bits per heavy atom. The van der Waals surface area contributed by atoms with Gasteiger partial charge in [-0.25, -0.2) is 8.42 Å². The van der Waals surface area contributed by atoms with Crippen LogP contribution in [-0.4, -0.2) is 63.7 Å². The van der Waals surface area contributed by atoms with Crippen molar-refractivity contribution in [2.24, 2.45) is 11.5 Å².